The highest BCUT2D eigenvalue weighted by Gasteiger charge is 2.44. The molecular weight excluding hydrogens is 786 g/mol. The maximum Gasteiger partial charge on any atom is 0.420 e. The Morgan fingerprint density at radius 2 is 0.444 bits per heavy atom. The Labute approximate surface area is 358 Å². The van der Waals surface area contributed by atoms with Crippen molar-refractivity contribution in [2.75, 3.05) is 0 Å². The molecule has 13 rings (SSSR count). The summed E-state index contributed by atoms with van der Waals surface area (Å²) in [7, 11) is 0. The summed E-state index contributed by atoms with van der Waals surface area (Å²) in [5, 5.41) is 7.32. The zero-order chi connectivity index (χ0) is 42.1. The second kappa shape index (κ2) is 13.0. The van der Waals surface area contributed by atoms with Crippen molar-refractivity contribution in [1.82, 2.24) is 18.3 Å². The lowest BCUT2D eigenvalue weighted by Gasteiger charge is -2.30. The Kier molecular flexibility index (Phi) is 7.36. The van der Waals surface area contributed by atoms with Gasteiger partial charge in [-0.15, -0.1) is 0 Å². The topological polar surface area (TPSA) is 19.7 Å². The van der Waals surface area contributed by atoms with Crippen LogP contribution in [0.3, 0.4) is 0 Å². The molecule has 0 fully saturated rings. The summed E-state index contributed by atoms with van der Waals surface area (Å²) in [5.74, 6) is 0. The van der Waals surface area contributed by atoms with Gasteiger partial charge in [-0.2, -0.15) is 13.2 Å². The maximum absolute atomic E-state index is 17.7. The fourth-order valence-electron chi connectivity index (χ4n) is 10.7. The standard InChI is InChI=1S/C56H35F3N4/c1-34-52(60-43-26-10-2-18-35(43)36-19-3-11-27-44(36)60)54(62-47-30-14-6-22-39(47)40-23-7-15-31-48(40)62)51(56(57,58)59)55(63-49-32-16-8-24-41(49)42-25-9-17-33-50(42)63)53(34)61-45-28-12-4-20-37(45)38-21-5-13-29-46(38)61/h2-33H,1H3. The molecule has 7 heteroatoms. The van der Waals surface area contributed by atoms with Crippen LogP contribution in [0.15, 0.2) is 194 Å². The minimum absolute atomic E-state index is 0.0604. The SMILES string of the molecule is Cc1c(-n2c3ccccc3c3ccccc32)c(-n2c3ccccc3c3ccccc32)c(C(F)(F)F)c(-n2c3ccccc3c3ccccc32)c1-n1c2ccccc2c2ccccc21. The lowest BCUT2D eigenvalue weighted by Crippen LogP contribution is -2.22. The average Bonchev–Trinajstić information content (AvgIpc) is 4.04. The fourth-order valence-corrected chi connectivity index (χ4v) is 10.7. The van der Waals surface area contributed by atoms with E-state index in [0.717, 1.165) is 65.2 Å². The number of fused-ring (bicyclic) bond motifs is 12. The molecule has 0 atom stereocenters. The normalized spacial score (nSPS) is 12.4. The Hall–Kier alpha value is -8.03. The van der Waals surface area contributed by atoms with Gasteiger partial charge in [0.25, 0.3) is 0 Å². The van der Waals surface area contributed by atoms with Gasteiger partial charge in [-0.1, -0.05) is 146 Å². The van der Waals surface area contributed by atoms with Crippen molar-refractivity contribution in [3.63, 3.8) is 0 Å². The predicted molar refractivity (Wildman–Crippen MR) is 254 cm³/mol. The molecule has 0 bridgehead atoms. The molecule has 0 aliphatic carbocycles. The van der Waals surface area contributed by atoms with Crippen LogP contribution >= 0.6 is 0 Å². The van der Waals surface area contributed by atoms with Crippen LogP contribution in [0.4, 0.5) is 13.2 Å². The molecule has 0 saturated carbocycles. The number of alkyl halides is 3. The third-order valence-corrected chi connectivity index (χ3v) is 13.1. The Balaban J connectivity index is 1.39. The van der Waals surface area contributed by atoms with Crippen molar-refractivity contribution >= 4 is 87.2 Å². The average molecular weight is 821 g/mol. The summed E-state index contributed by atoms with van der Waals surface area (Å²) in [6.07, 6.45) is -4.89. The zero-order valence-electron chi connectivity index (χ0n) is 33.9. The van der Waals surface area contributed by atoms with Crippen molar-refractivity contribution in [2.24, 2.45) is 0 Å². The summed E-state index contributed by atoms with van der Waals surface area (Å²) in [5.41, 5.74) is 6.97. The van der Waals surface area contributed by atoms with Crippen LogP contribution in [0.2, 0.25) is 0 Å². The number of hydrogen-bond donors (Lipinski definition) is 0. The van der Waals surface area contributed by atoms with E-state index in [1.54, 1.807) is 0 Å². The smallest absolute Gasteiger partial charge is 0.307 e. The molecular formula is C56H35F3N4. The van der Waals surface area contributed by atoms with Crippen molar-refractivity contribution in [3.05, 3.63) is 205 Å². The van der Waals surface area contributed by atoms with Gasteiger partial charge in [-0.05, 0) is 55.5 Å². The number of halogens is 3. The second-order valence-electron chi connectivity index (χ2n) is 16.4. The number of rotatable bonds is 4. The number of hydrogen-bond acceptors (Lipinski definition) is 0. The molecule has 0 spiro atoms. The van der Waals surface area contributed by atoms with Crippen LogP contribution < -0.4 is 0 Å². The molecule has 0 aliphatic heterocycles. The van der Waals surface area contributed by atoms with Crippen LogP contribution in [0, 0.1) is 6.92 Å². The summed E-state index contributed by atoms with van der Waals surface area (Å²) >= 11 is 0. The maximum atomic E-state index is 17.7. The van der Waals surface area contributed by atoms with Gasteiger partial charge < -0.3 is 18.3 Å². The first-order valence-corrected chi connectivity index (χ1v) is 21.1. The highest BCUT2D eigenvalue weighted by atomic mass is 19.4. The van der Waals surface area contributed by atoms with Gasteiger partial charge in [0.05, 0.1) is 66.9 Å². The van der Waals surface area contributed by atoms with Crippen molar-refractivity contribution < 1.29 is 13.2 Å². The molecule has 13 aromatic rings. The predicted octanol–water partition coefficient (Wildman–Crippen LogP) is 15.4. The third kappa shape index (κ3) is 4.82. The van der Waals surface area contributed by atoms with Crippen LogP contribution in [-0.4, -0.2) is 18.3 Å². The molecule has 0 unspecified atom stereocenters. The van der Waals surface area contributed by atoms with Gasteiger partial charge >= 0.3 is 6.18 Å². The van der Waals surface area contributed by atoms with E-state index in [4.69, 9.17) is 0 Å². The third-order valence-electron chi connectivity index (χ3n) is 13.1. The molecule has 0 saturated heterocycles. The minimum Gasteiger partial charge on any atom is -0.307 e. The lowest BCUT2D eigenvalue weighted by molar-refractivity contribution is -0.137. The number of para-hydroxylation sites is 8. The molecule has 4 heterocycles. The van der Waals surface area contributed by atoms with E-state index in [9.17, 15) is 0 Å². The summed E-state index contributed by atoms with van der Waals surface area (Å²) in [6.45, 7) is 2.02. The van der Waals surface area contributed by atoms with Gasteiger partial charge in [0.15, 0.2) is 0 Å². The molecule has 9 aromatic carbocycles. The van der Waals surface area contributed by atoms with E-state index >= 15 is 13.2 Å². The van der Waals surface area contributed by atoms with Crippen LogP contribution in [-0.2, 0) is 6.18 Å². The van der Waals surface area contributed by atoms with Crippen LogP contribution in [0.1, 0.15) is 11.1 Å². The van der Waals surface area contributed by atoms with E-state index in [1.807, 2.05) is 186 Å². The first-order chi connectivity index (χ1) is 30.9. The number of aromatic nitrogens is 4. The minimum atomic E-state index is -4.89. The monoisotopic (exact) mass is 820 g/mol. The van der Waals surface area contributed by atoms with E-state index in [0.29, 0.717) is 39.0 Å². The Bertz CT molecular complexity index is 3580. The van der Waals surface area contributed by atoms with E-state index in [-0.39, 0.29) is 11.4 Å². The highest BCUT2D eigenvalue weighted by molar-refractivity contribution is 6.15. The molecule has 300 valence electrons. The van der Waals surface area contributed by atoms with Crippen LogP contribution in [0.5, 0.6) is 0 Å². The summed E-state index contributed by atoms with van der Waals surface area (Å²) in [4.78, 5) is 0. The first-order valence-electron chi connectivity index (χ1n) is 21.1. The fraction of sp³-hybridized carbons (Fsp3) is 0.0357. The summed E-state index contributed by atoms with van der Waals surface area (Å²) < 4.78 is 61.0. The zero-order valence-corrected chi connectivity index (χ0v) is 33.9. The molecule has 0 amide bonds. The second-order valence-corrected chi connectivity index (χ2v) is 16.4. The molecule has 0 radical (unpaired) electrons. The highest BCUT2D eigenvalue weighted by Crippen LogP contribution is 2.52. The van der Waals surface area contributed by atoms with Gasteiger partial charge in [-0.3, -0.25) is 0 Å². The molecule has 63 heavy (non-hydrogen) atoms. The van der Waals surface area contributed by atoms with Gasteiger partial charge in [0.2, 0.25) is 0 Å². The van der Waals surface area contributed by atoms with Gasteiger partial charge in [-0.25, -0.2) is 0 Å². The summed E-state index contributed by atoms with van der Waals surface area (Å²) in [6, 6.07) is 63.5. The van der Waals surface area contributed by atoms with Gasteiger partial charge in [0, 0.05) is 48.7 Å². The van der Waals surface area contributed by atoms with E-state index < -0.39 is 11.7 Å². The van der Waals surface area contributed by atoms with Gasteiger partial charge in [0.1, 0.15) is 5.56 Å². The quantitative estimate of drug-likeness (QED) is 0.169. The molecule has 4 aromatic heterocycles. The van der Waals surface area contributed by atoms with Crippen molar-refractivity contribution in [1.29, 1.82) is 0 Å². The Morgan fingerprint density at radius 3 is 0.635 bits per heavy atom. The molecule has 0 N–H and O–H groups in total. The number of benzene rings is 9. The van der Waals surface area contributed by atoms with Crippen molar-refractivity contribution in [3.8, 4) is 22.7 Å². The van der Waals surface area contributed by atoms with Crippen molar-refractivity contribution in [2.45, 2.75) is 13.1 Å². The Morgan fingerprint density at radius 1 is 0.270 bits per heavy atom. The lowest BCUT2D eigenvalue weighted by atomic mass is 9.98. The van der Waals surface area contributed by atoms with E-state index in [2.05, 4.69) is 33.4 Å². The van der Waals surface area contributed by atoms with Crippen LogP contribution in [0.25, 0.3) is 110 Å². The largest absolute Gasteiger partial charge is 0.420 e. The van der Waals surface area contributed by atoms with E-state index in [1.165, 1.54) is 0 Å². The first kappa shape index (κ1) is 35.7. The number of nitrogens with zero attached hydrogens (tertiary/aromatic N) is 4. The molecule has 0 aliphatic rings. The molecule has 4 nitrogen and oxygen atoms in total.